The highest BCUT2D eigenvalue weighted by Gasteiger charge is 2.27. The number of aromatic nitrogens is 1. The van der Waals surface area contributed by atoms with Crippen LogP contribution in [0.5, 0.6) is 0 Å². The Morgan fingerprint density at radius 1 is 1.09 bits per heavy atom. The molecule has 1 aliphatic heterocycles. The molecule has 3 heterocycles. The topological polar surface area (TPSA) is 45.4 Å². The zero-order valence-corrected chi connectivity index (χ0v) is 15.0. The number of hydrogen-bond donors (Lipinski definition) is 1. The van der Waals surface area contributed by atoms with E-state index < -0.39 is 0 Å². The van der Waals surface area contributed by atoms with Crippen molar-refractivity contribution in [1.82, 2.24) is 9.88 Å². The van der Waals surface area contributed by atoms with E-state index in [4.69, 9.17) is 5.73 Å². The smallest absolute Gasteiger partial charge is 0.182 e. The first-order valence-electron chi connectivity index (χ1n) is 8.60. The molecule has 0 amide bonds. The Morgan fingerprint density at radius 3 is 2.57 bits per heavy atom. The largest absolute Gasteiger partial charge is 0.375 e. The van der Waals surface area contributed by atoms with Crippen LogP contribution in [-0.2, 0) is 0 Å². The van der Waals surface area contributed by atoms with E-state index >= 15 is 0 Å². The van der Waals surface area contributed by atoms with Gasteiger partial charge in [0.15, 0.2) is 5.13 Å². The molecule has 0 bridgehead atoms. The monoisotopic (exact) mass is 348 g/mol. The second-order valence-corrected chi connectivity index (χ2v) is 8.45. The highest BCUT2D eigenvalue weighted by atomic mass is 32.1. The predicted molar refractivity (Wildman–Crippen MR) is 100 cm³/mol. The summed E-state index contributed by atoms with van der Waals surface area (Å²) in [5.74, 6) is 0. The molecular formula is C17H24N4S2. The first-order valence-corrected chi connectivity index (χ1v) is 10.3. The molecule has 0 spiro atoms. The van der Waals surface area contributed by atoms with Crippen molar-refractivity contribution in [3.63, 3.8) is 0 Å². The van der Waals surface area contributed by atoms with Crippen molar-refractivity contribution in [2.75, 3.05) is 36.8 Å². The molecule has 23 heavy (non-hydrogen) atoms. The molecule has 2 aliphatic rings. The Kier molecular flexibility index (Phi) is 4.55. The molecule has 2 N–H and O–H groups in total. The van der Waals surface area contributed by atoms with Gasteiger partial charge in [-0.25, -0.2) is 4.98 Å². The highest BCUT2D eigenvalue weighted by Crippen LogP contribution is 2.39. The van der Waals surface area contributed by atoms with Gasteiger partial charge < -0.3 is 10.6 Å². The third-order valence-electron chi connectivity index (χ3n) is 5.07. The molecule has 2 fully saturated rings. The number of nitrogens with two attached hydrogens (primary N) is 1. The number of thiazole rings is 1. The van der Waals surface area contributed by atoms with Crippen molar-refractivity contribution < 1.29 is 0 Å². The minimum atomic E-state index is 0.679. The minimum Gasteiger partial charge on any atom is -0.375 e. The zero-order chi connectivity index (χ0) is 15.6. The number of nitrogens with zero attached hydrogens (tertiary/aromatic N) is 3. The Labute approximate surface area is 145 Å². The average Bonchev–Trinajstić information content (AvgIpc) is 3.25. The number of thiophene rings is 1. The van der Waals surface area contributed by atoms with Crippen molar-refractivity contribution in [3.8, 4) is 10.6 Å². The van der Waals surface area contributed by atoms with Gasteiger partial charge >= 0.3 is 0 Å². The standard InChI is InChI=1S/C17H24N4S2/c18-17-19-15(14-7-4-12-22-14)16(23-17)21-10-8-20(9-11-21)13-5-2-1-3-6-13/h4,7,12-13H,1-3,5-6,8-11H2,(H2,18,19). The molecule has 0 aromatic carbocycles. The summed E-state index contributed by atoms with van der Waals surface area (Å²) in [5, 5.41) is 4.04. The number of anilines is 2. The molecule has 2 aromatic rings. The fourth-order valence-corrected chi connectivity index (χ4v) is 5.53. The first-order chi connectivity index (χ1) is 11.3. The summed E-state index contributed by atoms with van der Waals surface area (Å²) in [4.78, 5) is 11.0. The maximum Gasteiger partial charge on any atom is 0.182 e. The van der Waals surface area contributed by atoms with E-state index in [1.165, 1.54) is 55.1 Å². The summed E-state index contributed by atoms with van der Waals surface area (Å²) in [6.07, 6.45) is 7.06. The van der Waals surface area contributed by atoms with Gasteiger partial charge in [0.1, 0.15) is 10.7 Å². The first kappa shape index (κ1) is 15.4. The summed E-state index contributed by atoms with van der Waals surface area (Å²) in [6, 6.07) is 5.05. The Bertz CT molecular complexity index is 623. The van der Waals surface area contributed by atoms with Gasteiger partial charge in [0.25, 0.3) is 0 Å². The molecule has 1 saturated heterocycles. The Hall–Kier alpha value is -1.11. The van der Waals surface area contributed by atoms with Crippen LogP contribution in [0.15, 0.2) is 17.5 Å². The molecule has 1 saturated carbocycles. The van der Waals surface area contributed by atoms with Crippen molar-refractivity contribution in [2.45, 2.75) is 38.1 Å². The minimum absolute atomic E-state index is 0.679. The molecule has 2 aromatic heterocycles. The molecule has 124 valence electrons. The van der Waals surface area contributed by atoms with Crippen LogP contribution in [0.1, 0.15) is 32.1 Å². The summed E-state index contributed by atoms with van der Waals surface area (Å²) in [5.41, 5.74) is 7.09. The molecule has 1 aliphatic carbocycles. The SMILES string of the molecule is Nc1nc(-c2cccs2)c(N2CCN(C3CCCCC3)CC2)s1. The van der Waals surface area contributed by atoms with Crippen LogP contribution in [0.2, 0.25) is 0 Å². The fourth-order valence-electron chi connectivity index (χ4n) is 3.85. The normalized spacial score (nSPS) is 21.0. The molecule has 0 unspecified atom stereocenters. The summed E-state index contributed by atoms with van der Waals surface area (Å²) >= 11 is 3.38. The van der Waals surface area contributed by atoms with E-state index in [1.54, 1.807) is 22.7 Å². The third kappa shape index (κ3) is 3.25. The van der Waals surface area contributed by atoms with Crippen molar-refractivity contribution >= 4 is 32.8 Å². The van der Waals surface area contributed by atoms with Gasteiger partial charge in [0.2, 0.25) is 0 Å². The zero-order valence-electron chi connectivity index (χ0n) is 13.4. The average molecular weight is 349 g/mol. The Morgan fingerprint density at radius 2 is 1.87 bits per heavy atom. The van der Waals surface area contributed by atoms with Gasteiger partial charge in [0, 0.05) is 32.2 Å². The summed E-state index contributed by atoms with van der Waals surface area (Å²) in [6.45, 7) is 4.53. The summed E-state index contributed by atoms with van der Waals surface area (Å²) < 4.78 is 0. The van der Waals surface area contributed by atoms with Crippen molar-refractivity contribution in [3.05, 3.63) is 17.5 Å². The quantitative estimate of drug-likeness (QED) is 0.913. The molecule has 0 atom stereocenters. The van der Waals surface area contributed by atoms with Crippen molar-refractivity contribution in [2.24, 2.45) is 0 Å². The molecule has 0 radical (unpaired) electrons. The van der Waals surface area contributed by atoms with Crippen LogP contribution in [0, 0.1) is 0 Å². The van der Waals surface area contributed by atoms with Gasteiger partial charge in [0.05, 0.1) is 4.88 Å². The lowest BCUT2D eigenvalue weighted by molar-refractivity contribution is 0.148. The van der Waals surface area contributed by atoms with Crippen LogP contribution in [-0.4, -0.2) is 42.1 Å². The second kappa shape index (κ2) is 6.79. The van der Waals surface area contributed by atoms with E-state index in [2.05, 4.69) is 32.3 Å². The van der Waals surface area contributed by atoms with E-state index in [1.807, 2.05) is 0 Å². The van der Waals surface area contributed by atoms with E-state index in [0.29, 0.717) is 5.13 Å². The van der Waals surface area contributed by atoms with E-state index in [-0.39, 0.29) is 0 Å². The van der Waals surface area contributed by atoms with Gasteiger partial charge in [-0.3, -0.25) is 4.90 Å². The molecule has 4 nitrogen and oxygen atoms in total. The maximum absolute atomic E-state index is 6.01. The second-order valence-electron chi connectivity index (χ2n) is 6.50. The van der Waals surface area contributed by atoms with Crippen LogP contribution in [0.4, 0.5) is 10.1 Å². The number of piperazine rings is 1. The Balaban J connectivity index is 1.46. The lowest BCUT2D eigenvalue weighted by atomic mass is 9.94. The van der Waals surface area contributed by atoms with Gasteiger partial charge in [-0.15, -0.1) is 11.3 Å². The lowest BCUT2D eigenvalue weighted by Gasteiger charge is -2.41. The van der Waals surface area contributed by atoms with Crippen LogP contribution in [0.3, 0.4) is 0 Å². The number of nitrogen functional groups attached to an aromatic ring is 1. The van der Waals surface area contributed by atoms with Crippen molar-refractivity contribution in [1.29, 1.82) is 0 Å². The summed E-state index contributed by atoms with van der Waals surface area (Å²) in [7, 11) is 0. The van der Waals surface area contributed by atoms with E-state index in [0.717, 1.165) is 24.8 Å². The molecule has 6 heteroatoms. The van der Waals surface area contributed by atoms with Crippen LogP contribution >= 0.6 is 22.7 Å². The van der Waals surface area contributed by atoms with Gasteiger partial charge in [-0.05, 0) is 24.3 Å². The van der Waals surface area contributed by atoms with Gasteiger partial charge in [-0.1, -0.05) is 36.7 Å². The van der Waals surface area contributed by atoms with E-state index in [9.17, 15) is 0 Å². The molecular weight excluding hydrogens is 324 g/mol. The third-order valence-corrected chi connectivity index (χ3v) is 6.89. The highest BCUT2D eigenvalue weighted by molar-refractivity contribution is 7.20. The van der Waals surface area contributed by atoms with Crippen LogP contribution < -0.4 is 10.6 Å². The van der Waals surface area contributed by atoms with Crippen LogP contribution in [0.25, 0.3) is 10.6 Å². The van der Waals surface area contributed by atoms with Gasteiger partial charge in [-0.2, -0.15) is 0 Å². The lowest BCUT2D eigenvalue weighted by Crippen LogP contribution is -2.50. The predicted octanol–water partition coefficient (Wildman–Crippen LogP) is 3.91. The maximum atomic E-state index is 6.01. The fraction of sp³-hybridized carbons (Fsp3) is 0.588. The number of rotatable bonds is 3. The number of hydrogen-bond acceptors (Lipinski definition) is 6. The molecule has 4 rings (SSSR count).